The number of nitrogens with zero attached hydrogens (tertiary/aromatic N) is 1. The molecule has 0 heterocycles. The third-order valence-corrected chi connectivity index (χ3v) is 4.22. The number of amides is 2. The zero-order valence-corrected chi connectivity index (χ0v) is 14.4. The van der Waals surface area contributed by atoms with Gasteiger partial charge < -0.3 is 4.90 Å². The molecule has 0 aromatic heterocycles. The van der Waals surface area contributed by atoms with Crippen LogP contribution in [0.1, 0.15) is 12.5 Å². The molecule has 0 radical (unpaired) electrons. The highest BCUT2D eigenvalue weighted by atomic mass is 35.5. The highest BCUT2D eigenvalue weighted by Gasteiger charge is 2.17. The van der Waals surface area contributed by atoms with Crippen molar-refractivity contribution in [3.63, 3.8) is 0 Å². The highest BCUT2D eigenvalue weighted by molar-refractivity contribution is 7.93. The highest BCUT2D eigenvalue weighted by Crippen LogP contribution is 2.17. The fourth-order valence-electron chi connectivity index (χ4n) is 1.78. The second kappa shape index (κ2) is 8.55. The van der Waals surface area contributed by atoms with Gasteiger partial charge in [0.15, 0.2) is 0 Å². The van der Waals surface area contributed by atoms with Crippen molar-refractivity contribution in [3.8, 4) is 0 Å². The molecule has 0 unspecified atom stereocenters. The number of carbonyl (C=O) groups excluding carboxylic acids is 1. The van der Waals surface area contributed by atoms with E-state index in [1.54, 1.807) is 31.2 Å². The molecule has 0 atom stereocenters. The number of allylic oxidation sites excluding steroid dienone is 1. The van der Waals surface area contributed by atoms with Gasteiger partial charge in [0, 0.05) is 18.1 Å². The first-order valence-electron chi connectivity index (χ1n) is 6.77. The largest absolute Gasteiger partial charge is 0.331 e. The maximum atomic E-state index is 12.1. The minimum atomic E-state index is -3.92. The van der Waals surface area contributed by atoms with Crippen LogP contribution in [0.25, 0.3) is 5.57 Å². The summed E-state index contributed by atoms with van der Waals surface area (Å²) in [5, 5.41) is 1.57. The summed E-state index contributed by atoms with van der Waals surface area (Å²) in [4.78, 5) is 13.3. The van der Waals surface area contributed by atoms with Crippen molar-refractivity contribution in [2.24, 2.45) is 0 Å². The van der Waals surface area contributed by atoms with E-state index < -0.39 is 16.1 Å². The number of carbonyl (C=O) groups is 1. The molecule has 5 nitrogen and oxygen atoms in total. The molecule has 0 fully saturated rings. The third-order valence-electron chi connectivity index (χ3n) is 2.85. The van der Waals surface area contributed by atoms with Gasteiger partial charge in [-0.05, 0) is 30.2 Å². The van der Waals surface area contributed by atoms with Gasteiger partial charge in [0.25, 0.3) is 10.0 Å². The van der Waals surface area contributed by atoms with Crippen molar-refractivity contribution < 1.29 is 13.2 Å². The Morgan fingerprint density at radius 3 is 2.22 bits per heavy atom. The minimum absolute atomic E-state index is 0.216. The summed E-state index contributed by atoms with van der Waals surface area (Å²) in [6, 6.07) is 6.00. The second-order valence-corrected chi connectivity index (χ2v) is 6.71. The molecular weight excluding hydrogens is 336 g/mol. The van der Waals surface area contributed by atoms with Crippen LogP contribution in [0.2, 0.25) is 5.02 Å². The first-order chi connectivity index (χ1) is 10.8. The number of urea groups is 1. The van der Waals surface area contributed by atoms with E-state index in [1.807, 2.05) is 4.72 Å². The van der Waals surface area contributed by atoms with Crippen LogP contribution in [-0.4, -0.2) is 32.4 Å². The Balaban J connectivity index is 2.91. The van der Waals surface area contributed by atoms with Gasteiger partial charge in [0.1, 0.15) is 0 Å². The van der Waals surface area contributed by atoms with Gasteiger partial charge in [-0.1, -0.05) is 35.9 Å². The van der Waals surface area contributed by atoms with E-state index in [9.17, 15) is 13.2 Å². The van der Waals surface area contributed by atoms with Crippen molar-refractivity contribution in [2.45, 2.75) is 6.92 Å². The van der Waals surface area contributed by atoms with Crippen LogP contribution in [0.15, 0.2) is 55.0 Å². The standard InChI is InChI=1S/C16H19ClN2O3S/c1-4-10-19(11-5-2)16(20)18-23(21,22)12-13(3)14-6-8-15(17)9-7-14/h4-9,12H,1-2,10-11H2,3H3,(H,18,20). The number of halogens is 1. The molecule has 0 spiro atoms. The molecule has 0 saturated heterocycles. The number of hydrogen-bond acceptors (Lipinski definition) is 3. The summed E-state index contributed by atoms with van der Waals surface area (Å²) in [5.74, 6) is 0. The molecule has 0 aliphatic heterocycles. The molecule has 1 rings (SSSR count). The van der Waals surface area contributed by atoms with E-state index in [1.165, 1.54) is 17.1 Å². The average Bonchev–Trinajstić information content (AvgIpc) is 2.46. The predicted molar refractivity (Wildman–Crippen MR) is 94.5 cm³/mol. The fourth-order valence-corrected chi connectivity index (χ4v) is 2.94. The van der Waals surface area contributed by atoms with Crippen molar-refractivity contribution in [1.82, 2.24) is 9.62 Å². The number of nitrogens with one attached hydrogen (secondary N) is 1. The van der Waals surface area contributed by atoms with Gasteiger partial charge in [0.05, 0.1) is 5.41 Å². The van der Waals surface area contributed by atoms with E-state index in [0.717, 1.165) is 5.41 Å². The van der Waals surface area contributed by atoms with Crippen LogP contribution in [0.5, 0.6) is 0 Å². The number of hydrogen-bond donors (Lipinski definition) is 1. The van der Waals surface area contributed by atoms with Crippen LogP contribution in [0, 0.1) is 0 Å². The number of benzene rings is 1. The van der Waals surface area contributed by atoms with E-state index in [-0.39, 0.29) is 13.1 Å². The lowest BCUT2D eigenvalue weighted by molar-refractivity contribution is 0.214. The van der Waals surface area contributed by atoms with Crippen LogP contribution in [-0.2, 0) is 10.0 Å². The van der Waals surface area contributed by atoms with E-state index >= 15 is 0 Å². The lowest BCUT2D eigenvalue weighted by Gasteiger charge is -2.19. The molecule has 1 aromatic rings. The Morgan fingerprint density at radius 2 is 1.74 bits per heavy atom. The molecule has 0 saturated carbocycles. The molecule has 0 bridgehead atoms. The summed E-state index contributed by atoms with van der Waals surface area (Å²) in [6.07, 6.45) is 3.01. The van der Waals surface area contributed by atoms with Crippen molar-refractivity contribution >= 4 is 33.2 Å². The monoisotopic (exact) mass is 354 g/mol. The van der Waals surface area contributed by atoms with Crippen LogP contribution >= 0.6 is 11.6 Å². The van der Waals surface area contributed by atoms with Gasteiger partial charge in [-0.25, -0.2) is 17.9 Å². The Labute approximate surface area is 142 Å². The topological polar surface area (TPSA) is 66.5 Å². The van der Waals surface area contributed by atoms with Crippen LogP contribution < -0.4 is 4.72 Å². The normalized spacial score (nSPS) is 11.7. The lowest BCUT2D eigenvalue weighted by atomic mass is 10.1. The summed E-state index contributed by atoms with van der Waals surface area (Å²) in [5.41, 5.74) is 1.18. The van der Waals surface area contributed by atoms with Gasteiger partial charge in [-0.3, -0.25) is 0 Å². The molecule has 124 valence electrons. The van der Waals surface area contributed by atoms with Gasteiger partial charge >= 0.3 is 6.03 Å². The van der Waals surface area contributed by atoms with Crippen molar-refractivity contribution in [2.75, 3.05) is 13.1 Å². The Kier molecular flexibility index (Phi) is 7.06. The zero-order chi connectivity index (χ0) is 17.5. The third kappa shape index (κ3) is 6.30. The average molecular weight is 355 g/mol. The fraction of sp³-hybridized carbons (Fsp3) is 0.188. The molecule has 0 aliphatic carbocycles. The van der Waals surface area contributed by atoms with E-state index in [0.29, 0.717) is 16.2 Å². The molecular formula is C16H19ClN2O3S. The van der Waals surface area contributed by atoms with Crippen molar-refractivity contribution in [1.29, 1.82) is 0 Å². The predicted octanol–water partition coefficient (Wildman–Crippen LogP) is 3.41. The first-order valence-corrected chi connectivity index (χ1v) is 8.69. The Morgan fingerprint density at radius 1 is 1.22 bits per heavy atom. The summed E-state index contributed by atoms with van der Waals surface area (Å²) in [6.45, 7) is 9.13. The second-order valence-electron chi connectivity index (χ2n) is 4.74. The Hall–Kier alpha value is -2.05. The zero-order valence-electron chi connectivity index (χ0n) is 12.8. The smallest absolute Gasteiger partial charge is 0.317 e. The summed E-state index contributed by atoms with van der Waals surface area (Å²) < 4.78 is 26.2. The molecule has 1 N–H and O–H groups in total. The minimum Gasteiger partial charge on any atom is -0.317 e. The quantitative estimate of drug-likeness (QED) is 0.763. The number of rotatable bonds is 7. The molecule has 7 heteroatoms. The maximum Gasteiger partial charge on any atom is 0.331 e. The summed E-state index contributed by atoms with van der Waals surface area (Å²) in [7, 11) is -3.92. The maximum absolute atomic E-state index is 12.1. The molecule has 0 aliphatic rings. The van der Waals surface area contributed by atoms with Crippen LogP contribution in [0.4, 0.5) is 4.79 Å². The molecule has 1 aromatic carbocycles. The molecule has 2 amide bonds. The van der Waals surface area contributed by atoms with Gasteiger partial charge in [0.2, 0.25) is 0 Å². The van der Waals surface area contributed by atoms with Gasteiger partial charge in [-0.15, -0.1) is 13.2 Å². The lowest BCUT2D eigenvalue weighted by Crippen LogP contribution is -2.42. The Bertz CT molecular complexity index is 699. The summed E-state index contributed by atoms with van der Waals surface area (Å²) >= 11 is 5.80. The van der Waals surface area contributed by atoms with Crippen LogP contribution in [0.3, 0.4) is 0 Å². The van der Waals surface area contributed by atoms with Gasteiger partial charge in [-0.2, -0.15) is 0 Å². The van der Waals surface area contributed by atoms with Crippen molar-refractivity contribution in [3.05, 3.63) is 65.6 Å². The van der Waals surface area contributed by atoms with E-state index in [2.05, 4.69) is 13.2 Å². The first kappa shape index (κ1) is 19.0. The number of sulfonamides is 1. The van der Waals surface area contributed by atoms with E-state index in [4.69, 9.17) is 11.6 Å². The SMILES string of the molecule is C=CCN(CC=C)C(=O)NS(=O)(=O)C=C(C)c1ccc(Cl)cc1. The molecule has 23 heavy (non-hydrogen) atoms.